The molecule has 0 spiro atoms. The first kappa shape index (κ1) is 54.5. The highest BCUT2D eigenvalue weighted by Crippen LogP contribution is 2.46. The fourth-order valence-electron chi connectivity index (χ4n) is 12.4. The molecule has 0 amide bonds. The molecule has 80 heavy (non-hydrogen) atoms. The van der Waals surface area contributed by atoms with Gasteiger partial charge in [0.2, 0.25) is 0 Å². The summed E-state index contributed by atoms with van der Waals surface area (Å²) in [5, 5.41) is 23.8. The molecule has 416 valence electrons. The molecule has 0 saturated carbocycles. The number of hydrogen-bond acceptors (Lipinski definition) is 10. The van der Waals surface area contributed by atoms with E-state index in [2.05, 4.69) is 31.2 Å². The highest BCUT2D eigenvalue weighted by Gasteiger charge is 2.35. The topological polar surface area (TPSA) is 149 Å². The maximum Gasteiger partial charge on any atom is 0.132 e. The van der Waals surface area contributed by atoms with E-state index >= 15 is 8.78 Å². The van der Waals surface area contributed by atoms with Gasteiger partial charge in [-0.3, -0.25) is 9.97 Å². The molecule has 8 heterocycles. The van der Waals surface area contributed by atoms with E-state index in [9.17, 15) is 10.2 Å². The molecule has 2 N–H and O–H groups in total. The lowest BCUT2D eigenvalue weighted by Gasteiger charge is -2.33. The van der Waals surface area contributed by atoms with E-state index in [1.165, 1.54) is 12.1 Å². The lowest BCUT2D eigenvalue weighted by atomic mass is 9.86. The van der Waals surface area contributed by atoms with Crippen LogP contribution < -0.4 is 9.47 Å². The average molecular weight is 1090 g/mol. The zero-order chi connectivity index (χ0) is 56.4. The van der Waals surface area contributed by atoms with Gasteiger partial charge in [0, 0.05) is 98.1 Å². The Bertz CT molecular complexity index is 3630. The number of aliphatic hydroxyl groups is 2. The van der Waals surface area contributed by atoms with Gasteiger partial charge >= 0.3 is 0 Å². The van der Waals surface area contributed by atoms with E-state index in [4.69, 9.17) is 28.9 Å². The summed E-state index contributed by atoms with van der Waals surface area (Å²) >= 11 is 0. The molecule has 4 aromatic carbocycles. The van der Waals surface area contributed by atoms with Gasteiger partial charge in [0.05, 0.1) is 106 Å². The molecule has 0 aliphatic carbocycles. The summed E-state index contributed by atoms with van der Waals surface area (Å²) in [5.41, 5.74) is 11.7. The quantitative estimate of drug-likeness (QED) is 0.121. The molecule has 2 unspecified atom stereocenters. The fourth-order valence-corrected chi connectivity index (χ4v) is 12.4. The summed E-state index contributed by atoms with van der Waals surface area (Å²) in [6.07, 6.45) is 10.6. The van der Waals surface area contributed by atoms with Gasteiger partial charge in [0.1, 0.15) is 23.1 Å². The molecule has 2 saturated heterocycles. The number of rotatable bonds is 12. The molecule has 2 atom stereocenters. The van der Waals surface area contributed by atoms with Crippen LogP contribution in [0.5, 0.6) is 11.5 Å². The average Bonchev–Trinajstić information content (AvgIpc) is 4.18. The molecule has 10 aromatic rings. The van der Waals surface area contributed by atoms with E-state index in [0.29, 0.717) is 49.1 Å². The van der Waals surface area contributed by atoms with Crippen LogP contribution in [-0.4, -0.2) is 89.1 Å². The molecule has 12 rings (SSSR count). The first-order valence-electron chi connectivity index (χ1n) is 27.5. The molecular formula is C64H70F2N8O6. The fraction of sp³-hybridized carbons (Fsp3) is 0.375. The number of methoxy groups -OCH3 is 2. The van der Waals surface area contributed by atoms with E-state index in [0.717, 1.165) is 115 Å². The van der Waals surface area contributed by atoms with E-state index < -0.39 is 11.2 Å². The monoisotopic (exact) mass is 1080 g/mol. The van der Waals surface area contributed by atoms with Crippen LogP contribution in [0.2, 0.25) is 0 Å². The Kier molecular flexibility index (Phi) is 14.6. The van der Waals surface area contributed by atoms with E-state index in [1.54, 1.807) is 54.6 Å². The molecular weight excluding hydrogens is 1010 g/mol. The van der Waals surface area contributed by atoms with Crippen molar-refractivity contribution in [1.29, 1.82) is 0 Å². The van der Waals surface area contributed by atoms with Gasteiger partial charge in [0.25, 0.3) is 0 Å². The zero-order valence-corrected chi connectivity index (χ0v) is 47.2. The Morgan fingerprint density at radius 2 is 0.925 bits per heavy atom. The predicted octanol–water partition coefficient (Wildman–Crippen LogP) is 12.6. The van der Waals surface area contributed by atoms with Crippen LogP contribution in [0.15, 0.2) is 110 Å². The number of aromatic nitrogens is 8. The first-order chi connectivity index (χ1) is 38.3. The molecule has 2 fully saturated rings. The molecule has 2 aliphatic rings. The Labute approximate surface area is 464 Å². The van der Waals surface area contributed by atoms with Crippen molar-refractivity contribution in [1.82, 2.24) is 38.2 Å². The number of hydrogen-bond donors (Lipinski definition) is 2. The predicted molar refractivity (Wildman–Crippen MR) is 308 cm³/mol. The molecule has 0 bridgehead atoms. The third-order valence-corrected chi connectivity index (χ3v) is 16.5. The number of pyridine rings is 2. The Hall–Kier alpha value is -7.50. The van der Waals surface area contributed by atoms with Crippen LogP contribution >= 0.6 is 0 Å². The van der Waals surface area contributed by atoms with Crippen molar-refractivity contribution in [2.75, 3.05) is 40.6 Å². The maximum atomic E-state index is 15.9. The van der Waals surface area contributed by atoms with Gasteiger partial charge in [-0.25, -0.2) is 18.7 Å². The van der Waals surface area contributed by atoms with Crippen molar-refractivity contribution in [2.24, 2.45) is 25.9 Å². The molecule has 2 aliphatic heterocycles. The maximum absolute atomic E-state index is 15.9. The van der Waals surface area contributed by atoms with Gasteiger partial charge in [-0.15, -0.1) is 0 Å². The number of imidazole rings is 2. The van der Waals surface area contributed by atoms with Crippen molar-refractivity contribution in [3.05, 3.63) is 155 Å². The Morgan fingerprint density at radius 3 is 1.25 bits per heavy atom. The number of ether oxygens (including phenoxy) is 4. The number of aryl methyl sites for hydroxylation is 4. The third-order valence-electron chi connectivity index (χ3n) is 16.5. The smallest absolute Gasteiger partial charge is 0.132 e. The van der Waals surface area contributed by atoms with Gasteiger partial charge in [-0.2, -0.15) is 0 Å². The van der Waals surface area contributed by atoms with Crippen LogP contribution in [0.25, 0.3) is 66.4 Å². The second-order valence-corrected chi connectivity index (χ2v) is 22.6. The number of benzene rings is 4. The minimum Gasteiger partial charge on any atom is -0.497 e. The molecule has 6 aromatic heterocycles. The second-order valence-electron chi connectivity index (χ2n) is 22.6. The zero-order valence-electron chi connectivity index (χ0n) is 47.2. The lowest BCUT2D eigenvalue weighted by molar-refractivity contribution is 0.0547. The van der Waals surface area contributed by atoms with E-state index in [-0.39, 0.29) is 35.6 Å². The van der Waals surface area contributed by atoms with Gasteiger partial charge in [-0.1, -0.05) is 36.4 Å². The SMILES string of the molecule is COc1ccc(C(C2CCOCC2)n2c3cc(C(C)(C)O)ccc3c3ncc(-c4c(C)ncn4C)cc32)c(F)c1.COc1ccc(C(C2CCOCC2)n2c3cc(C(C)(C)O)ccc3c3ncc(-c4c(C)ncn4C)cc32)c(F)c1. The summed E-state index contributed by atoms with van der Waals surface area (Å²) in [7, 11) is 7.04. The minimum atomic E-state index is -1.04. The van der Waals surface area contributed by atoms with Crippen molar-refractivity contribution in [3.63, 3.8) is 0 Å². The molecule has 14 nitrogen and oxygen atoms in total. The van der Waals surface area contributed by atoms with Crippen LogP contribution in [0.3, 0.4) is 0 Å². The normalized spacial score (nSPS) is 15.7. The molecule has 0 radical (unpaired) electrons. The van der Waals surface area contributed by atoms with Crippen molar-refractivity contribution in [3.8, 4) is 34.0 Å². The standard InChI is InChI=1S/2C32H35FN4O3/c2*1-19-30(36(4)18-35-19)21-14-28-29(34-17-21)25-8-6-22(32(2,3)38)15-27(25)37(28)31(20-10-12-40-13-11-20)24-9-7-23(39-5)16-26(24)33/h2*6-9,14-18,20,31,38H,10-13H2,1-5H3. The van der Waals surface area contributed by atoms with Crippen LogP contribution in [0.4, 0.5) is 8.78 Å². The van der Waals surface area contributed by atoms with Crippen LogP contribution in [0, 0.1) is 37.3 Å². The Balaban J connectivity index is 0.000000169. The second kappa shape index (κ2) is 21.5. The summed E-state index contributed by atoms with van der Waals surface area (Å²) in [5.74, 6) is 0.599. The summed E-state index contributed by atoms with van der Waals surface area (Å²) in [6, 6.07) is 25.9. The molecule has 16 heteroatoms. The van der Waals surface area contributed by atoms with E-state index in [1.807, 2.05) is 110 Å². The van der Waals surface area contributed by atoms with Gasteiger partial charge in [0.15, 0.2) is 0 Å². The highest BCUT2D eigenvalue weighted by molar-refractivity contribution is 6.08. The summed E-state index contributed by atoms with van der Waals surface area (Å²) < 4.78 is 62.4. The van der Waals surface area contributed by atoms with Crippen molar-refractivity contribution < 1.29 is 37.9 Å². The van der Waals surface area contributed by atoms with Crippen LogP contribution in [0.1, 0.15) is 99.1 Å². The van der Waals surface area contributed by atoms with Gasteiger partial charge < -0.3 is 47.4 Å². The van der Waals surface area contributed by atoms with Crippen molar-refractivity contribution >= 4 is 43.9 Å². The third kappa shape index (κ3) is 10.0. The summed E-state index contributed by atoms with van der Waals surface area (Å²) in [4.78, 5) is 18.9. The minimum absolute atomic E-state index is 0.128. The first-order valence-corrected chi connectivity index (χ1v) is 27.5. The van der Waals surface area contributed by atoms with Gasteiger partial charge in [-0.05, 0) is 127 Å². The summed E-state index contributed by atoms with van der Waals surface area (Å²) in [6.45, 7) is 13.6. The number of nitrogens with zero attached hydrogens (tertiary/aromatic N) is 8. The highest BCUT2D eigenvalue weighted by atomic mass is 19.1. The lowest BCUT2D eigenvalue weighted by Crippen LogP contribution is -2.27. The van der Waals surface area contributed by atoms with Crippen LogP contribution in [-0.2, 0) is 34.8 Å². The number of fused-ring (bicyclic) bond motifs is 6. The Morgan fingerprint density at radius 1 is 0.537 bits per heavy atom. The largest absolute Gasteiger partial charge is 0.497 e. The number of halogens is 2. The van der Waals surface area contributed by atoms with Crippen molar-refractivity contribution in [2.45, 2.75) is 90.5 Å².